The van der Waals surface area contributed by atoms with Crippen LogP contribution in [0.25, 0.3) is 10.9 Å². The number of aromatic nitrogens is 1. The maximum absolute atomic E-state index is 13.5. The Morgan fingerprint density at radius 2 is 1.93 bits per heavy atom. The third-order valence-corrected chi connectivity index (χ3v) is 6.91. The highest BCUT2D eigenvalue weighted by Crippen LogP contribution is 2.40. The molecule has 0 bridgehead atoms. The van der Waals surface area contributed by atoms with Crippen molar-refractivity contribution in [3.05, 3.63) is 35.5 Å². The van der Waals surface area contributed by atoms with Crippen LogP contribution in [0.3, 0.4) is 0 Å². The van der Waals surface area contributed by atoms with E-state index in [1.165, 1.54) is 41.4 Å². The van der Waals surface area contributed by atoms with Crippen LogP contribution in [0.5, 0.6) is 0 Å². The lowest BCUT2D eigenvalue weighted by atomic mass is 9.79. The summed E-state index contributed by atoms with van der Waals surface area (Å²) in [5.41, 5.74) is 3.95. The summed E-state index contributed by atoms with van der Waals surface area (Å²) in [7, 11) is 0. The van der Waals surface area contributed by atoms with Crippen molar-refractivity contribution >= 4 is 16.8 Å². The summed E-state index contributed by atoms with van der Waals surface area (Å²) in [5.74, 6) is 2.06. The second-order valence-electron chi connectivity index (χ2n) is 9.12. The molecule has 1 aromatic heterocycles. The van der Waals surface area contributed by atoms with Crippen molar-refractivity contribution in [2.75, 3.05) is 6.54 Å². The number of aromatic amines is 1. The van der Waals surface area contributed by atoms with Gasteiger partial charge in [-0.2, -0.15) is 0 Å². The van der Waals surface area contributed by atoms with Gasteiger partial charge in [0.05, 0.1) is 6.04 Å². The molecule has 2 heterocycles. The van der Waals surface area contributed by atoms with Crippen LogP contribution in [0.4, 0.5) is 0 Å². The van der Waals surface area contributed by atoms with Crippen LogP contribution in [0.2, 0.25) is 0 Å². The second kappa shape index (κ2) is 7.69. The van der Waals surface area contributed by atoms with Gasteiger partial charge in [0, 0.05) is 29.1 Å². The molecular weight excluding hydrogens is 332 g/mol. The molecule has 0 spiro atoms. The molecule has 1 unspecified atom stereocenters. The first-order valence-corrected chi connectivity index (χ1v) is 11.0. The molecule has 1 saturated carbocycles. The molecule has 3 nitrogen and oxygen atoms in total. The molecule has 27 heavy (non-hydrogen) atoms. The molecule has 1 atom stereocenters. The predicted molar refractivity (Wildman–Crippen MR) is 112 cm³/mol. The zero-order valence-electron chi connectivity index (χ0n) is 17.1. The topological polar surface area (TPSA) is 36.1 Å². The van der Waals surface area contributed by atoms with Crippen LogP contribution in [0.15, 0.2) is 24.3 Å². The van der Waals surface area contributed by atoms with E-state index < -0.39 is 0 Å². The van der Waals surface area contributed by atoms with Gasteiger partial charge in [0.15, 0.2) is 0 Å². The number of hydrogen-bond donors (Lipinski definition) is 1. The molecule has 3 heteroatoms. The monoisotopic (exact) mass is 366 g/mol. The summed E-state index contributed by atoms with van der Waals surface area (Å²) in [6.07, 6.45) is 7.91. The third-order valence-electron chi connectivity index (χ3n) is 6.91. The van der Waals surface area contributed by atoms with Gasteiger partial charge in [-0.25, -0.2) is 0 Å². The number of rotatable bonds is 4. The highest BCUT2D eigenvalue weighted by Gasteiger charge is 2.37. The SMILES string of the molecule is CCC1CCC(C(=O)N2CCc3c([nH]c4ccccc34)C2CC(C)C)CC1. The molecule has 1 aliphatic carbocycles. The smallest absolute Gasteiger partial charge is 0.226 e. The van der Waals surface area contributed by atoms with Crippen molar-refractivity contribution in [2.45, 2.75) is 71.8 Å². The number of fused-ring (bicyclic) bond motifs is 3. The average molecular weight is 367 g/mol. The van der Waals surface area contributed by atoms with Gasteiger partial charge < -0.3 is 9.88 Å². The molecule has 146 valence electrons. The highest BCUT2D eigenvalue weighted by atomic mass is 16.2. The van der Waals surface area contributed by atoms with Gasteiger partial charge in [-0.1, -0.05) is 45.4 Å². The van der Waals surface area contributed by atoms with Gasteiger partial charge in [-0.3, -0.25) is 4.79 Å². The Morgan fingerprint density at radius 3 is 2.63 bits per heavy atom. The summed E-state index contributed by atoms with van der Waals surface area (Å²) in [4.78, 5) is 19.4. The zero-order valence-corrected chi connectivity index (χ0v) is 17.1. The molecule has 1 aromatic carbocycles. The Labute approximate surface area is 163 Å². The third kappa shape index (κ3) is 3.53. The van der Waals surface area contributed by atoms with E-state index in [2.05, 4.69) is 54.9 Å². The van der Waals surface area contributed by atoms with E-state index in [1.54, 1.807) is 0 Å². The number of nitrogens with one attached hydrogen (secondary N) is 1. The zero-order chi connectivity index (χ0) is 19.0. The van der Waals surface area contributed by atoms with Crippen LogP contribution in [-0.4, -0.2) is 22.3 Å². The second-order valence-corrected chi connectivity index (χ2v) is 9.12. The molecule has 0 radical (unpaired) electrons. The molecule has 0 saturated heterocycles. The van der Waals surface area contributed by atoms with E-state index in [0.717, 1.165) is 38.1 Å². The van der Waals surface area contributed by atoms with Gasteiger partial charge in [-0.15, -0.1) is 0 Å². The Bertz CT molecular complexity index is 798. The summed E-state index contributed by atoms with van der Waals surface area (Å²) < 4.78 is 0. The number of carbonyl (C=O) groups excluding carboxylic acids is 1. The van der Waals surface area contributed by atoms with Crippen molar-refractivity contribution in [3.63, 3.8) is 0 Å². The summed E-state index contributed by atoms with van der Waals surface area (Å²) in [6, 6.07) is 8.81. The van der Waals surface area contributed by atoms with E-state index >= 15 is 0 Å². The fraction of sp³-hybridized carbons (Fsp3) is 0.625. The molecule has 1 N–H and O–H groups in total. The number of carbonyl (C=O) groups is 1. The van der Waals surface area contributed by atoms with E-state index in [9.17, 15) is 4.79 Å². The first kappa shape index (κ1) is 18.6. The van der Waals surface area contributed by atoms with E-state index in [0.29, 0.717) is 11.8 Å². The Hall–Kier alpha value is -1.77. The first-order chi connectivity index (χ1) is 13.1. The maximum atomic E-state index is 13.5. The van der Waals surface area contributed by atoms with Crippen LogP contribution in [0.1, 0.15) is 76.6 Å². The van der Waals surface area contributed by atoms with Crippen molar-refractivity contribution in [1.82, 2.24) is 9.88 Å². The highest BCUT2D eigenvalue weighted by molar-refractivity contribution is 5.86. The minimum Gasteiger partial charge on any atom is -0.356 e. The normalized spacial score (nSPS) is 25.8. The first-order valence-electron chi connectivity index (χ1n) is 11.0. The van der Waals surface area contributed by atoms with Gasteiger partial charge in [0.2, 0.25) is 5.91 Å². The van der Waals surface area contributed by atoms with Gasteiger partial charge in [-0.05, 0) is 62.0 Å². The van der Waals surface area contributed by atoms with Crippen molar-refractivity contribution in [1.29, 1.82) is 0 Å². The van der Waals surface area contributed by atoms with Crippen molar-refractivity contribution in [3.8, 4) is 0 Å². The average Bonchev–Trinajstić information content (AvgIpc) is 3.07. The van der Waals surface area contributed by atoms with E-state index in [1.807, 2.05) is 0 Å². The molecular formula is C24H34N2O. The standard InChI is InChI=1S/C24H34N2O/c1-4-17-9-11-18(12-10-17)24(27)26-14-13-20-19-7-5-6-8-21(19)25-23(20)22(26)15-16(2)3/h5-8,16-18,22,25H,4,9-15H2,1-3H3. The number of nitrogens with zero attached hydrogens (tertiary/aromatic N) is 1. The quantitative estimate of drug-likeness (QED) is 0.723. The van der Waals surface area contributed by atoms with E-state index in [4.69, 9.17) is 0 Å². The van der Waals surface area contributed by atoms with Crippen molar-refractivity contribution in [2.24, 2.45) is 17.8 Å². The Morgan fingerprint density at radius 1 is 1.19 bits per heavy atom. The molecule has 2 aliphatic rings. The van der Waals surface area contributed by atoms with Gasteiger partial charge in [0.25, 0.3) is 0 Å². The number of amides is 1. The predicted octanol–water partition coefficient (Wildman–Crippen LogP) is 5.86. The summed E-state index contributed by atoms with van der Waals surface area (Å²) in [6.45, 7) is 7.70. The molecule has 1 fully saturated rings. The van der Waals surface area contributed by atoms with E-state index in [-0.39, 0.29) is 12.0 Å². The van der Waals surface area contributed by atoms with Gasteiger partial charge >= 0.3 is 0 Å². The lowest BCUT2D eigenvalue weighted by molar-refractivity contribution is -0.140. The van der Waals surface area contributed by atoms with Crippen LogP contribution >= 0.6 is 0 Å². The molecule has 4 rings (SSSR count). The fourth-order valence-electron chi connectivity index (χ4n) is 5.33. The fourth-order valence-corrected chi connectivity index (χ4v) is 5.33. The van der Waals surface area contributed by atoms with Crippen LogP contribution in [0, 0.1) is 17.8 Å². The van der Waals surface area contributed by atoms with Crippen LogP contribution < -0.4 is 0 Å². The molecule has 1 amide bonds. The number of hydrogen-bond acceptors (Lipinski definition) is 1. The van der Waals surface area contributed by atoms with Gasteiger partial charge in [0.1, 0.15) is 0 Å². The lowest BCUT2D eigenvalue weighted by Crippen LogP contribution is -2.44. The Balaban J connectivity index is 1.62. The van der Waals surface area contributed by atoms with Crippen LogP contribution in [-0.2, 0) is 11.2 Å². The largest absolute Gasteiger partial charge is 0.356 e. The van der Waals surface area contributed by atoms with Crippen molar-refractivity contribution < 1.29 is 4.79 Å². The minimum absolute atomic E-state index is 0.206. The summed E-state index contributed by atoms with van der Waals surface area (Å²) in [5, 5.41) is 1.34. The number of para-hydroxylation sites is 1. The Kier molecular flexibility index (Phi) is 5.29. The lowest BCUT2D eigenvalue weighted by Gasteiger charge is -2.40. The molecule has 2 aromatic rings. The minimum atomic E-state index is 0.206. The summed E-state index contributed by atoms with van der Waals surface area (Å²) >= 11 is 0. The molecule has 1 aliphatic heterocycles. The number of H-pyrrole nitrogens is 1. The number of benzene rings is 1. The maximum Gasteiger partial charge on any atom is 0.226 e.